The van der Waals surface area contributed by atoms with E-state index in [9.17, 15) is 24.0 Å². The first-order valence-electron chi connectivity index (χ1n) is 16.8. The fraction of sp³-hybridized carbons (Fsp3) is 0.686. The van der Waals surface area contributed by atoms with Crippen LogP contribution in [0.3, 0.4) is 0 Å². The maximum atomic E-state index is 13.7. The van der Waals surface area contributed by atoms with Crippen LogP contribution in [-0.2, 0) is 39.9 Å². The van der Waals surface area contributed by atoms with E-state index in [1.54, 1.807) is 41.5 Å². The average Bonchev–Trinajstić information content (AvgIpc) is 3.42. The van der Waals surface area contributed by atoms with Gasteiger partial charge in [0.15, 0.2) is 0 Å². The monoisotopic (exact) mass is 659 g/mol. The zero-order chi connectivity index (χ0) is 34.6. The van der Waals surface area contributed by atoms with Gasteiger partial charge in [-0.15, -0.1) is 0 Å². The van der Waals surface area contributed by atoms with Gasteiger partial charge in [0.25, 0.3) is 0 Å². The van der Waals surface area contributed by atoms with Gasteiger partial charge in [-0.3, -0.25) is 14.5 Å². The van der Waals surface area contributed by atoms with Crippen LogP contribution in [-0.4, -0.2) is 77.4 Å². The number of unbranched alkanes of at least 4 members (excludes halogenated alkanes) is 1. The van der Waals surface area contributed by atoms with E-state index in [-0.39, 0.29) is 37.9 Å². The van der Waals surface area contributed by atoms with Crippen molar-refractivity contribution in [3.8, 4) is 0 Å². The molecule has 1 saturated heterocycles. The lowest BCUT2D eigenvalue weighted by Gasteiger charge is -2.29. The molecule has 3 atom stereocenters. The third-order valence-electron chi connectivity index (χ3n) is 7.82. The number of benzene rings is 1. The number of hydrogen-bond acceptors (Lipinski definition) is 9. The number of carbonyl (C=O) groups excluding carboxylic acids is 5. The molecule has 0 spiro atoms. The number of carbonyl (C=O) groups is 5. The first kappa shape index (κ1) is 37.6. The van der Waals surface area contributed by atoms with Gasteiger partial charge in [-0.2, -0.15) is 0 Å². The smallest absolute Gasteiger partial charge is 0.411 e. The number of nitrogens with one attached hydrogen (secondary N) is 2. The van der Waals surface area contributed by atoms with E-state index in [4.69, 9.17) is 18.9 Å². The van der Waals surface area contributed by atoms with Crippen molar-refractivity contribution >= 4 is 30.0 Å². The van der Waals surface area contributed by atoms with Crippen molar-refractivity contribution in [2.75, 3.05) is 13.1 Å². The molecule has 1 heterocycles. The number of nitrogens with zero attached hydrogens (tertiary/aromatic N) is 1. The molecule has 2 fully saturated rings. The summed E-state index contributed by atoms with van der Waals surface area (Å²) in [4.78, 5) is 66.4. The van der Waals surface area contributed by atoms with Crippen molar-refractivity contribution < 1.29 is 42.9 Å². The van der Waals surface area contributed by atoms with E-state index in [2.05, 4.69) is 10.6 Å². The van der Waals surface area contributed by atoms with Crippen LogP contribution in [0.2, 0.25) is 0 Å². The molecule has 1 aliphatic carbocycles. The molecule has 1 aliphatic heterocycles. The lowest BCUT2D eigenvalue weighted by molar-refractivity contribution is -0.159. The normalized spacial score (nSPS) is 19.3. The van der Waals surface area contributed by atoms with Gasteiger partial charge in [-0.25, -0.2) is 14.4 Å². The largest absolute Gasteiger partial charge is 0.460 e. The molecule has 3 rings (SSSR count). The molecule has 1 aromatic rings. The van der Waals surface area contributed by atoms with Gasteiger partial charge >= 0.3 is 24.1 Å². The lowest BCUT2D eigenvalue weighted by Crippen LogP contribution is -2.52. The number of esters is 2. The summed E-state index contributed by atoms with van der Waals surface area (Å²) in [6, 6.07) is 7.32. The van der Waals surface area contributed by atoms with Gasteiger partial charge in [0.2, 0.25) is 5.91 Å². The molecule has 0 radical (unpaired) electrons. The molecular weight excluding hydrogens is 606 g/mol. The minimum absolute atomic E-state index is 0.00854. The van der Waals surface area contributed by atoms with E-state index in [0.717, 1.165) is 37.7 Å². The van der Waals surface area contributed by atoms with Gasteiger partial charge < -0.3 is 29.6 Å². The lowest BCUT2D eigenvalue weighted by atomic mass is 9.89. The first-order chi connectivity index (χ1) is 22.1. The Bertz CT molecular complexity index is 1200. The molecule has 12 heteroatoms. The summed E-state index contributed by atoms with van der Waals surface area (Å²) in [6.07, 6.45) is 3.97. The van der Waals surface area contributed by atoms with Crippen LogP contribution in [0, 0.1) is 5.92 Å². The van der Waals surface area contributed by atoms with Gasteiger partial charge in [-0.1, -0.05) is 49.6 Å². The highest BCUT2D eigenvalue weighted by Gasteiger charge is 2.44. The van der Waals surface area contributed by atoms with Crippen LogP contribution >= 0.6 is 0 Å². The predicted molar refractivity (Wildman–Crippen MR) is 174 cm³/mol. The Morgan fingerprint density at radius 1 is 0.894 bits per heavy atom. The molecule has 0 bridgehead atoms. The summed E-state index contributed by atoms with van der Waals surface area (Å²) in [6.45, 7) is 10.9. The molecule has 12 nitrogen and oxygen atoms in total. The Morgan fingerprint density at radius 3 is 2.19 bits per heavy atom. The zero-order valence-corrected chi connectivity index (χ0v) is 28.8. The maximum absolute atomic E-state index is 13.7. The highest BCUT2D eigenvalue weighted by Crippen LogP contribution is 2.29. The number of ether oxygens (including phenoxy) is 4. The topological polar surface area (TPSA) is 150 Å². The van der Waals surface area contributed by atoms with E-state index in [0.29, 0.717) is 19.4 Å². The third-order valence-corrected chi connectivity index (χ3v) is 7.82. The zero-order valence-electron chi connectivity index (χ0n) is 28.8. The molecule has 47 heavy (non-hydrogen) atoms. The summed E-state index contributed by atoms with van der Waals surface area (Å²) in [5, 5.41) is 5.49. The second-order valence-corrected chi connectivity index (χ2v) is 14.4. The Morgan fingerprint density at radius 2 is 1.55 bits per heavy atom. The quantitative estimate of drug-likeness (QED) is 0.171. The summed E-state index contributed by atoms with van der Waals surface area (Å²) in [5.74, 6) is -1.65. The van der Waals surface area contributed by atoms with Crippen LogP contribution in [0.5, 0.6) is 0 Å². The predicted octanol–water partition coefficient (Wildman–Crippen LogP) is 5.41. The van der Waals surface area contributed by atoms with Crippen molar-refractivity contribution in [3.63, 3.8) is 0 Å². The highest BCUT2D eigenvalue weighted by molar-refractivity contribution is 5.90. The van der Waals surface area contributed by atoms with Crippen LogP contribution in [0.15, 0.2) is 30.3 Å². The first-order valence-corrected chi connectivity index (χ1v) is 16.8. The molecule has 3 amide bonds. The summed E-state index contributed by atoms with van der Waals surface area (Å²) >= 11 is 0. The van der Waals surface area contributed by atoms with E-state index < -0.39 is 53.5 Å². The number of likely N-dealkylation sites (tertiary alicyclic amines) is 1. The van der Waals surface area contributed by atoms with E-state index in [1.165, 1.54) is 4.90 Å². The Kier molecular flexibility index (Phi) is 13.9. The minimum atomic E-state index is -1.01. The number of alkyl carbamates (subject to hydrolysis) is 1. The molecule has 2 N–H and O–H groups in total. The Hall–Kier alpha value is -3.83. The minimum Gasteiger partial charge on any atom is -0.460 e. The average molecular weight is 660 g/mol. The van der Waals surface area contributed by atoms with Crippen molar-refractivity contribution in [1.29, 1.82) is 0 Å². The molecule has 1 saturated carbocycles. The van der Waals surface area contributed by atoms with E-state index >= 15 is 0 Å². The molecular formula is C35H53N3O9. The molecule has 1 aromatic carbocycles. The fourth-order valence-corrected chi connectivity index (χ4v) is 5.58. The summed E-state index contributed by atoms with van der Waals surface area (Å²) in [5.41, 5.74) is -0.728. The van der Waals surface area contributed by atoms with Crippen LogP contribution in [0.1, 0.15) is 105 Å². The van der Waals surface area contributed by atoms with E-state index in [1.807, 2.05) is 30.3 Å². The van der Waals surface area contributed by atoms with Gasteiger partial charge in [0, 0.05) is 13.0 Å². The van der Waals surface area contributed by atoms with Crippen molar-refractivity contribution in [2.45, 2.75) is 135 Å². The Labute approximate surface area is 278 Å². The maximum Gasteiger partial charge on any atom is 0.411 e. The second kappa shape index (κ2) is 17.4. The standard InChI is InChI=1S/C35H53N3O9/c1-34(2,3)46-31(41)27(19-13-14-20-36-32(42)44-23-24-15-9-7-10-16-24)37-29(39)28-21-26(22-38(28)33(43)47-35(4,5)6)45-30(40)25-17-11-8-12-18-25/h7,9-10,15-16,25-28H,8,11-14,17-23H2,1-6H3,(H,36,42)(H,37,39)/t26-,27+,28+/m1/s1. The number of amides is 3. The summed E-state index contributed by atoms with van der Waals surface area (Å²) < 4.78 is 22.2. The second-order valence-electron chi connectivity index (χ2n) is 14.4. The van der Waals surface area contributed by atoms with Crippen LogP contribution in [0.4, 0.5) is 9.59 Å². The molecule has 262 valence electrons. The SMILES string of the molecule is CC(C)(C)OC(=O)[C@H](CCCCNC(=O)OCc1ccccc1)NC(=O)[C@@H]1C[C@@H](OC(=O)C2CCCCC2)CN1C(=O)OC(C)(C)C. The number of hydrogen-bond donors (Lipinski definition) is 2. The van der Waals surface area contributed by atoms with Crippen molar-refractivity contribution in [1.82, 2.24) is 15.5 Å². The van der Waals surface area contributed by atoms with Gasteiger partial charge in [0.1, 0.15) is 36.0 Å². The van der Waals surface area contributed by atoms with Crippen molar-refractivity contribution in [2.24, 2.45) is 5.92 Å². The van der Waals surface area contributed by atoms with Gasteiger partial charge in [0.05, 0.1) is 12.5 Å². The Balaban J connectivity index is 1.61. The van der Waals surface area contributed by atoms with Crippen LogP contribution in [0.25, 0.3) is 0 Å². The molecule has 0 unspecified atom stereocenters. The highest BCUT2D eigenvalue weighted by atomic mass is 16.6. The van der Waals surface area contributed by atoms with Gasteiger partial charge in [-0.05, 0) is 79.2 Å². The van der Waals surface area contributed by atoms with Crippen molar-refractivity contribution in [3.05, 3.63) is 35.9 Å². The third kappa shape index (κ3) is 13.4. The summed E-state index contributed by atoms with van der Waals surface area (Å²) in [7, 11) is 0. The number of rotatable bonds is 12. The molecule has 0 aromatic heterocycles. The molecule has 2 aliphatic rings. The van der Waals surface area contributed by atoms with Crippen LogP contribution < -0.4 is 10.6 Å². The fourth-order valence-electron chi connectivity index (χ4n) is 5.58.